The Morgan fingerprint density at radius 1 is 1.20 bits per heavy atom. The van der Waals surface area contributed by atoms with Gasteiger partial charge in [0.2, 0.25) is 0 Å². The highest BCUT2D eigenvalue weighted by molar-refractivity contribution is 6.31. The van der Waals surface area contributed by atoms with Gasteiger partial charge in [0, 0.05) is 5.02 Å². The van der Waals surface area contributed by atoms with Gasteiger partial charge in [-0.3, -0.25) is 0 Å². The topological polar surface area (TPSA) is 12.0 Å². The van der Waals surface area contributed by atoms with E-state index in [0.717, 1.165) is 12.1 Å². The summed E-state index contributed by atoms with van der Waals surface area (Å²) in [5.41, 5.74) is -0.556. The first-order valence-electron chi connectivity index (χ1n) is 5.65. The first-order valence-corrected chi connectivity index (χ1v) is 6.03. The van der Waals surface area contributed by atoms with Gasteiger partial charge in [-0.05, 0) is 36.7 Å². The van der Waals surface area contributed by atoms with Gasteiger partial charge >= 0.3 is 12.1 Å². The van der Waals surface area contributed by atoms with Crippen LogP contribution in [0.2, 0.25) is 5.02 Å². The fourth-order valence-electron chi connectivity index (χ4n) is 1.70. The average molecular weight is 320 g/mol. The third-order valence-corrected chi connectivity index (χ3v) is 3.07. The van der Waals surface area contributed by atoms with Crippen LogP contribution in [0.25, 0.3) is 0 Å². The fourth-order valence-corrected chi connectivity index (χ4v) is 1.96. The van der Waals surface area contributed by atoms with Gasteiger partial charge in [0.25, 0.3) is 0 Å². The summed E-state index contributed by atoms with van der Waals surface area (Å²) in [6, 6.07) is -0.757. The Balaban J connectivity index is 3.39. The molecule has 1 unspecified atom stereocenters. The van der Waals surface area contributed by atoms with E-state index in [1.165, 1.54) is 13.8 Å². The van der Waals surface area contributed by atoms with Gasteiger partial charge in [0.1, 0.15) is 11.9 Å². The summed E-state index contributed by atoms with van der Waals surface area (Å²) < 4.78 is 77.8. The Morgan fingerprint density at radius 2 is 1.75 bits per heavy atom. The van der Waals surface area contributed by atoms with Crippen molar-refractivity contribution in [1.29, 1.82) is 0 Å². The van der Waals surface area contributed by atoms with Crippen LogP contribution in [0.4, 0.5) is 26.3 Å². The second kappa shape index (κ2) is 5.81. The molecular formula is C12H12ClF6N. The van der Waals surface area contributed by atoms with E-state index in [9.17, 15) is 26.3 Å². The van der Waals surface area contributed by atoms with Crippen LogP contribution in [0.15, 0.2) is 12.1 Å². The predicted molar refractivity (Wildman–Crippen MR) is 63.6 cm³/mol. The molecule has 0 aliphatic carbocycles. The van der Waals surface area contributed by atoms with E-state index in [1.807, 2.05) is 0 Å². The molecule has 0 saturated heterocycles. The summed E-state index contributed by atoms with van der Waals surface area (Å²) in [7, 11) is 0. The molecule has 114 valence electrons. The van der Waals surface area contributed by atoms with E-state index in [2.05, 4.69) is 5.32 Å². The minimum Gasteiger partial charge on any atom is -0.305 e. The monoisotopic (exact) mass is 319 g/mol. The summed E-state index contributed by atoms with van der Waals surface area (Å²) in [6.45, 7) is 2.50. The second-order valence-corrected chi connectivity index (χ2v) is 4.64. The van der Waals surface area contributed by atoms with Crippen LogP contribution in [0.3, 0.4) is 0 Å². The molecule has 0 amide bonds. The first-order chi connectivity index (χ1) is 9.02. The summed E-state index contributed by atoms with van der Waals surface area (Å²) in [6.07, 6.45) is -5.74. The minimum atomic E-state index is -5.74. The minimum absolute atomic E-state index is 0.0646. The predicted octanol–water partition coefficient (Wildman–Crippen LogP) is 4.64. The highest BCUT2D eigenvalue weighted by Gasteiger charge is 2.62. The Morgan fingerprint density at radius 3 is 2.20 bits per heavy atom. The number of hydrogen-bond acceptors (Lipinski definition) is 1. The van der Waals surface area contributed by atoms with Crippen LogP contribution in [0, 0.1) is 12.7 Å². The number of aryl methyl sites for hydroxylation is 1. The van der Waals surface area contributed by atoms with Crippen LogP contribution in [0.5, 0.6) is 0 Å². The Hall–Kier alpha value is -0.950. The molecule has 0 saturated carbocycles. The molecule has 1 nitrogen and oxygen atoms in total. The SMILES string of the molecule is CCNC(c1cc(C)c(F)cc1Cl)C(F)(F)C(F)(F)F. The zero-order valence-electron chi connectivity index (χ0n) is 10.6. The molecule has 0 heterocycles. The van der Waals surface area contributed by atoms with E-state index in [1.54, 1.807) is 0 Å². The average Bonchev–Trinajstić information content (AvgIpc) is 2.29. The third-order valence-electron chi connectivity index (χ3n) is 2.74. The summed E-state index contributed by atoms with van der Waals surface area (Å²) in [5.74, 6) is -5.80. The fraction of sp³-hybridized carbons (Fsp3) is 0.500. The van der Waals surface area contributed by atoms with Gasteiger partial charge in [0.15, 0.2) is 0 Å². The molecule has 0 aromatic heterocycles. The van der Waals surface area contributed by atoms with Gasteiger partial charge in [-0.15, -0.1) is 0 Å². The standard InChI is InChI=1S/C12H12ClF6N/c1-3-20-10(11(15,16)12(17,18)19)7-4-6(2)9(14)5-8(7)13/h4-5,10,20H,3H2,1-2H3. The molecule has 0 bridgehead atoms. The maximum atomic E-state index is 13.5. The lowest BCUT2D eigenvalue weighted by Crippen LogP contribution is -2.48. The van der Waals surface area contributed by atoms with Gasteiger partial charge in [-0.25, -0.2) is 4.39 Å². The zero-order valence-corrected chi connectivity index (χ0v) is 11.3. The third kappa shape index (κ3) is 3.20. The zero-order chi connectivity index (χ0) is 15.7. The van der Waals surface area contributed by atoms with Gasteiger partial charge in [-0.1, -0.05) is 18.5 Å². The maximum Gasteiger partial charge on any atom is 0.455 e. The van der Waals surface area contributed by atoms with Gasteiger partial charge < -0.3 is 5.32 Å². The van der Waals surface area contributed by atoms with Gasteiger partial charge in [-0.2, -0.15) is 22.0 Å². The van der Waals surface area contributed by atoms with E-state index in [0.29, 0.717) is 0 Å². The molecule has 1 atom stereocenters. The first kappa shape index (κ1) is 17.1. The highest BCUT2D eigenvalue weighted by Crippen LogP contribution is 2.46. The van der Waals surface area contributed by atoms with Crippen LogP contribution < -0.4 is 5.32 Å². The van der Waals surface area contributed by atoms with Crippen molar-refractivity contribution >= 4 is 11.6 Å². The number of rotatable bonds is 4. The number of alkyl halides is 5. The molecule has 0 radical (unpaired) electrons. The largest absolute Gasteiger partial charge is 0.455 e. The van der Waals surface area contributed by atoms with Crippen LogP contribution in [-0.4, -0.2) is 18.6 Å². The molecular weight excluding hydrogens is 308 g/mol. The van der Waals surface area contributed by atoms with Crippen molar-refractivity contribution in [1.82, 2.24) is 5.32 Å². The number of nitrogens with one attached hydrogen (secondary N) is 1. The van der Waals surface area contributed by atoms with Crippen LogP contribution in [-0.2, 0) is 0 Å². The molecule has 0 aliphatic heterocycles. The van der Waals surface area contributed by atoms with E-state index < -0.39 is 34.5 Å². The van der Waals surface area contributed by atoms with Crippen LogP contribution >= 0.6 is 11.6 Å². The molecule has 0 spiro atoms. The number of hydrogen-bond donors (Lipinski definition) is 1. The van der Waals surface area contributed by atoms with Crippen LogP contribution in [0.1, 0.15) is 24.1 Å². The summed E-state index contributed by atoms with van der Waals surface area (Å²) in [5, 5.41) is 1.57. The maximum absolute atomic E-state index is 13.5. The molecule has 20 heavy (non-hydrogen) atoms. The van der Waals surface area contributed by atoms with E-state index in [4.69, 9.17) is 11.6 Å². The Kier molecular flexibility index (Phi) is 4.97. The summed E-state index contributed by atoms with van der Waals surface area (Å²) in [4.78, 5) is 0. The number of halogens is 7. The normalized spacial score (nSPS) is 14.4. The lowest BCUT2D eigenvalue weighted by atomic mass is 9.98. The highest BCUT2D eigenvalue weighted by atomic mass is 35.5. The second-order valence-electron chi connectivity index (χ2n) is 4.23. The molecule has 0 fully saturated rings. The Labute approximate surface area is 116 Å². The summed E-state index contributed by atoms with van der Waals surface area (Å²) >= 11 is 5.61. The van der Waals surface area contributed by atoms with Crippen molar-refractivity contribution in [3.05, 3.63) is 34.1 Å². The van der Waals surface area contributed by atoms with Crippen molar-refractivity contribution < 1.29 is 26.3 Å². The van der Waals surface area contributed by atoms with Crippen molar-refractivity contribution in [3.8, 4) is 0 Å². The van der Waals surface area contributed by atoms with E-state index in [-0.39, 0.29) is 12.1 Å². The smallest absolute Gasteiger partial charge is 0.305 e. The Bertz CT molecular complexity index is 486. The lowest BCUT2D eigenvalue weighted by Gasteiger charge is -2.30. The van der Waals surface area contributed by atoms with E-state index >= 15 is 0 Å². The lowest BCUT2D eigenvalue weighted by molar-refractivity contribution is -0.294. The molecule has 8 heteroatoms. The van der Waals surface area contributed by atoms with Crippen molar-refractivity contribution in [2.24, 2.45) is 0 Å². The molecule has 1 rings (SSSR count). The van der Waals surface area contributed by atoms with Crippen molar-refractivity contribution in [3.63, 3.8) is 0 Å². The molecule has 1 aromatic rings. The molecule has 0 aliphatic rings. The quantitative estimate of drug-likeness (QED) is 0.797. The van der Waals surface area contributed by atoms with Gasteiger partial charge in [0.05, 0.1) is 0 Å². The van der Waals surface area contributed by atoms with Crippen molar-refractivity contribution in [2.45, 2.75) is 32.0 Å². The molecule has 1 aromatic carbocycles. The molecule has 1 N–H and O–H groups in total. The number of benzene rings is 1. The van der Waals surface area contributed by atoms with Crippen molar-refractivity contribution in [2.75, 3.05) is 6.54 Å².